The van der Waals surface area contributed by atoms with Crippen LogP contribution in [0.1, 0.15) is 55.2 Å². The molecule has 27 heavy (non-hydrogen) atoms. The van der Waals surface area contributed by atoms with Crippen LogP contribution in [0.5, 0.6) is 0 Å². The van der Waals surface area contributed by atoms with Crippen molar-refractivity contribution in [2.45, 2.75) is 62.6 Å². The topological polar surface area (TPSA) is 18.5 Å². The monoisotopic (exact) mass is 362 g/mol. The number of ether oxygens (including phenoxy) is 2. The maximum atomic E-state index is 6.02. The van der Waals surface area contributed by atoms with E-state index in [-0.39, 0.29) is 5.79 Å². The van der Waals surface area contributed by atoms with E-state index in [2.05, 4.69) is 54.6 Å². The highest BCUT2D eigenvalue weighted by molar-refractivity contribution is 5.41. The number of hydrogen-bond donors (Lipinski definition) is 0. The van der Waals surface area contributed by atoms with Crippen LogP contribution in [0.2, 0.25) is 0 Å². The van der Waals surface area contributed by atoms with Crippen LogP contribution in [0.15, 0.2) is 54.6 Å². The molecule has 142 valence electrons. The lowest BCUT2D eigenvalue weighted by atomic mass is 9.63. The molecule has 0 aromatic heterocycles. The standard InChI is InChI=1S/C25H30O2/c1-2-7-20(8-3-1)9-6-11-22-19-21-10-4-5-12-23(21)24(22)13-15-25(16-14-24)26-17-18-27-25/h1-5,7-8,10,12,22H,6,9,11,13-19H2. The Hall–Kier alpha value is -1.64. The van der Waals surface area contributed by atoms with Gasteiger partial charge in [0.1, 0.15) is 0 Å². The minimum atomic E-state index is -0.266. The molecule has 1 saturated heterocycles. The Kier molecular flexibility index (Phi) is 4.57. The van der Waals surface area contributed by atoms with E-state index in [1.807, 2.05) is 0 Å². The average Bonchev–Trinajstić information content (AvgIpc) is 3.29. The molecular formula is C25H30O2. The largest absolute Gasteiger partial charge is 0.348 e. The second kappa shape index (κ2) is 7.07. The first kappa shape index (κ1) is 17.5. The lowest BCUT2D eigenvalue weighted by Crippen LogP contribution is -2.44. The van der Waals surface area contributed by atoms with Gasteiger partial charge in [-0.2, -0.15) is 0 Å². The molecule has 5 rings (SSSR count). The number of benzene rings is 2. The fourth-order valence-electron chi connectivity index (χ4n) is 5.98. The number of aryl methyl sites for hydroxylation is 1. The molecule has 1 atom stereocenters. The van der Waals surface area contributed by atoms with Crippen LogP contribution >= 0.6 is 0 Å². The van der Waals surface area contributed by atoms with Crippen molar-refractivity contribution in [1.29, 1.82) is 0 Å². The molecule has 2 fully saturated rings. The zero-order chi connectivity index (χ0) is 18.2. The Morgan fingerprint density at radius 2 is 1.52 bits per heavy atom. The third kappa shape index (κ3) is 3.13. The number of rotatable bonds is 4. The van der Waals surface area contributed by atoms with Crippen molar-refractivity contribution in [1.82, 2.24) is 0 Å². The van der Waals surface area contributed by atoms with E-state index in [1.54, 1.807) is 11.1 Å². The first-order valence-corrected chi connectivity index (χ1v) is 10.7. The van der Waals surface area contributed by atoms with E-state index in [0.29, 0.717) is 5.41 Å². The zero-order valence-corrected chi connectivity index (χ0v) is 16.2. The van der Waals surface area contributed by atoms with Crippen LogP contribution in [-0.2, 0) is 27.7 Å². The van der Waals surface area contributed by atoms with E-state index in [9.17, 15) is 0 Å². The third-order valence-corrected chi connectivity index (χ3v) is 7.38. The highest BCUT2D eigenvalue weighted by atomic mass is 16.7. The van der Waals surface area contributed by atoms with Crippen LogP contribution in [0.25, 0.3) is 0 Å². The van der Waals surface area contributed by atoms with Crippen molar-refractivity contribution in [3.63, 3.8) is 0 Å². The lowest BCUT2D eigenvalue weighted by molar-refractivity contribution is -0.187. The van der Waals surface area contributed by atoms with Crippen molar-refractivity contribution in [3.8, 4) is 0 Å². The van der Waals surface area contributed by atoms with Gasteiger partial charge in [0, 0.05) is 12.8 Å². The van der Waals surface area contributed by atoms with Gasteiger partial charge in [-0.05, 0) is 66.5 Å². The molecule has 2 heteroatoms. The van der Waals surface area contributed by atoms with E-state index in [0.717, 1.165) is 32.0 Å². The predicted octanol–water partition coefficient (Wildman–Crippen LogP) is 5.44. The zero-order valence-electron chi connectivity index (χ0n) is 16.2. The lowest BCUT2D eigenvalue weighted by Gasteiger charge is -2.45. The summed E-state index contributed by atoms with van der Waals surface area (Å²) >= 11 is 0. The average molecular weight is 363 g/mol. The molecule has 0 amide bonds. The minimum Gasteiger partial charge on any atom is -0.348 e. The summed E-state index contributed by atoms with van der Waals surface area (Å²) in [5.41, 5.74) is 5.03. The van der Waals surface area contributed by atoms with Gasteiger partial charge in [-0.3, -0.25) is 0 Å². The molecule has 3 aliphatic rings. The number of hydrogen-bond acceptors (Lipinski definition) is 2. The smallest absolute Gasteiger partial charge is 0.168 e. The molecule has 0 N–H and O–H groups in total. The van der Waals surface area contributed by atoms with Gasteiger partial charge in [-0.15, -0.1) is 0 Å². The highest BCUT2D eigenvalue weighted by Gasteiger charge is 2.52. The summed E-state index contributed by atoms with van der Waals surface area (Å²) in [6.07, 6.45) is 9.56. The molecule has 1 aliphatic heterocycles. The van der Waals surface area contributed by atoms with E-state index in [1.165, 1.54) is 44.1 Å². The number of fused-ring (bicyclic) bond motifs is 2. The maximum absolute atomic E-state index is 6.02. The van der Waals surface area contributed by atoms with Gasteiger partial charge in [0.2, 0.25) is 0 Å². The second-order valence-electron chi connectivity index (χ2n) is 8.70. The van der Waals surface area contributed by atoms with Crippen LogP contribution in [0, 0.1) is 5.92 Å². The first-order valence-electron chi connectivity index (χ1n) is 10.7. The molecule has 2 aromatic carbocycles. The van der Waals surface area contributed by atoms with Gasteiger partial charge in [0.25, 0.3) is 0 Å². The van der Waals surface area contributed by atoms with Crippen molar-refractivity contribution < 1.29 is 9.47 Å². The normalized spacial score (nSPS) is 25.1. The van der Waals surface area contributed by atoms with E-state index >= 15 is 0 Å². The molecule has 1 unspecified atom stereocenters. The molecule has 1 saturated carbocycles. The van der Waals surface area contributed by atoms with Gasteiger partial charge in [0.15, 0.2) is 5.79 Å². The molecule has 0 bridgehead atoms. The third-order valence-electron chi connectivity index (χ3n) is 7.38. The Morgan fingerprint density at radius 3 is 2.30 bits per heavy atom. The Morgan fingerprint density at radius 1 is 0.815 bits per heavy atom. The molecule has 2 nitrogen and oxygen atoms in total. The summed E-state index contributed by atoms with van der Waals surface area (Å²) in [5, 5.41) is 0. The molecule has 2 spiro atoms. The summed E-state index contributed by atoms with van der Waals surface area (Å²) in [7, 11) is 0. The van der Waals surface area contributed by atoms with Crippen LogP contribution in [0.3, 0.4) is 0 Å². The van der Waals surface area contributed by atoms with Crippen molar-refractivity contribution in [2.24, 2.45) is 5.92 Å². The molecule has 0 radical (unpaired) electrons. The quantitative estimate of drug-likeness (QED) is 0.721. The van der Waals surface area contributed by atoms with E-state index < -0.39 is 0 Å². The highest BCUT2D eigenvalue weighted by Crippen LogP contribution is 2.56. The van der Waals surface area contributed by atoms with Gasteiger partial charge < -0.3 is 9.47 Å². The molecule has 1 heterocycles. The summed E-state index contributed by atoms with van der Waals surface area (Å²) in [6.45, 7) is 1.54. The Labute approximate surface area is 162 Å². The van der Waals surface area contributed by atoms with Crippen molar-refractivity contribution in [2.75, 3.05) is 13.2 Å². The SMILES string of the molecule is c1ccc(CCCC2Cc3ccccc3C23CCC2(CC3)OCCO2)cc1. The Balaban J connectivity index is 1.33. The summed E-state index contributed by atoms with van der Waals surface area (Å²) in [6, 6.07) is 20.2. The Bertz CT molecular complexity index is 766. The van der Waals surface area contributed by atoms with Crippen LogP contribution < -0.4 is 0 Å². The summed E-state index contributed by atoms with van der Waals surface area (Å²) in [4.78, 5) is 0. The summed E-state index contributed by atoms with van der Waals surface area (Å²) in [5.74, 6) is 0.495. The fraction of sp³-hybridized carbons (Fsp3) is 0.520. The summed E-state index contributed by atoms with van der Waals surface area (Å²) < 4.78 is 12.0. The minimum absolute atomic E-state index is 0.266. The second-order valence-corrected chi connectivity index (χ2v) is 8.70. The maximum Gasteiger partial charge on any atom is 0.168 e. The van der Waals surface area contributed by atoms with Gasteiger partial charge >= 0.3 is 0 Å². The van der Waals surface area contributed by atoms with E-state index in [4.69, 9.17) is 9.47 Å². The first-order chi connectivity index (χ1) is 13.3. The van der Waals surface area contributed by atoms with Crippen LogP contribution in [-0.4, -0.2) is 19.0 Å². The van der Waals surface area contributed by atoms with Gasteiger partial charge in [-0.1, -0.05) is 54.6 Å². The fourth-order valence-corrected chi connectivity index (χ4v) is 5.98. The van der Waals surface area contributed by atoms with Crippen molar-refractivity contribution in [3.05, 3.63) is 71.3 Å². The van der Waals surface area contributed by atoms with Gasteiger partial charge in [-0.25, -0.2) is 0 Å². The molecular weight excluding hydrogens is 332 g/mol. The predicted molar refractivity (Wildman–Crippen MR) is 108 cm³/mol. The molecule has 2 aromatic rings. The van der Waals surface area contributed by atoms with Gasteiger partial charge in [0.05, 0.1) is 13.2 Å². The molecule has 2 aliphatic carbocycles. The van der Waals surface area contributed by atoms with Crippen LogP contribution in [0.4, 0.5) is 0 Å². The van der Waals surface area contributed by atoms with Crippen molar-refractivity contribution >= 4 is 0 Å².